The molecule has 0 radical (unpaired) electrons. The third kappa shape index (κ3) is 4.21. The Balaban J connectivity index is 1.96. The Labute approximate surface area is 134 Å². The van der Waals surface area contributed by atoms with Crippen LogP contribution in [0.4, 0.5) is 4.39 Å². The Bertz CT molecular complexity index is 645. The summed E-state index contributed by atoms with van der Waals surface area (Å²) in [6.45, 7) is 3.48. The molecule has 2 atom stereocenters. The number of carbonyl (C=O) groups excluding carboxylic acids is 1. The molecule has 0 saturated carbocycles. The first-order valence-electron chi connectivity index (χ1n) is 6.94. The van der Waals surface area contributed by atoms with Crippen LogP contribution in [0.25, 0.3) is 0 Å². The number of rotatable bonds is 5. The average molecular weight is 322 g/mol. The molecule has 2 aromatic carbocycles. The lowest BCUT2D eigenvalue weighted by Crippen LogP contribution is -2.37. The van der Waals surface area contributed by atoms with Crippen molar-refractivity contribution in [2.45, 2.75) is 26.0 Å². The van der Waals surface area contributed by atoms with Crippen molar-refractivity contribution in [3.8, 4) is 5.75 Å². The molecule has 116 valence electrons. The predicted molar refractivity (Wildman–Crippen MR) is 84.5 cm³/mol. The van der Waals surface area contributed by atoms with E-state index in [4.69, 9.17) is 16.3 Å². The number of nitrogens with one attached hydrogen (secondary N) is 1. The van der Waals surface area contributed by atoms with E-state index in [-0.39, 0.29) is 17.8 Å². The fraction of sp³-hybridized carbons (Fsp3) is 0.235. The summed E-state index contributed by atoms with van der Waals surface area (Å²) in [6.07, 6.45) is -0.692. The summed E-state index contributed by atoms with van der Waals surface area (Å²) >= 11 is 6.00. The maximum Gasteiger partial charge on any atom is 0.261 e. The lowest BCUT2D eigenvalue weighted by molar-refractivity contribution is -0.127. The standard InChI is InChI=1S/C17H17ClFNO2/c1-11(13-7-9-14(19)10-8-13)20-17(21)12(2)22-16-6-4-3-5-15(16)18/h3-12H,1-2H3,(H,20,21). The maximum atomic E-state index is 12.9. The van der Waals surface area contributed by atoms with Crippen molar-refractivity contribution in [3.63, 3.8) is 0 Å². The van der Waals surface area contributed by atoms with Crippen LogP contribution in [-0.2, 0) is 4.79 Å². The number of hydrogen-bond donors (Lipinski definition) is 1. The molecule has 5 heteroatoms. The van der Waals surface area contributed by atoms with Crippen LogP contribution in [0.15, 0.2) is 48.5 Å². The van der Waals surface area contributed by atoms with Crippen molar-refractivity contribution >= 4 is 17.5 Å². The second-order valence-electron chi connectivity index (χ2n) is 4.97. The summed E-state index contributed by atoms with van der Waals surface area (Å²) in [6, 6.07) is 12.7. The molecule has 2 unspecified atom stereocenters. The fourth-order valence-corrected chi connectivity index (χ4v) is 2.13. The SMILES string of the molecule is CC(Oc1ccccc1Cl)C(=O)NC(C)c1ccc(F)cc1. The molecular formula is C17H17ClFNO2. The highest BCUT2D eigenvalue weighted by Gasteiger charge is 2.18. The number of amides is 1. The van der Waals surface area contributed by atoms with Gasteiger partial charge in [-0.25, -0.2) is 4.39 Å². The molecule has 1 N–H and O–H groups in total. The van der Waals surface area contributed by atoms with Crippen LogP contribution in [-0.4, -0.2) is 12.0 Å². The van der Waals surface area contributed by atoms with Crippen LogP contribution < -0.4 is 10.1 Å². The number of carbonyl (C=O) groups is 1. The normalized spacial score (nSPS) is 13.3. The highest BCUT2D eigenvalue weighted by atomic mass is 35.5. The van der Waals surface area contributed by atoms with Crippen LogP contribution in [0.3, 0.4) is 0 Å². The second kappa shape index (κ2) is 7.27. The summed E-state index contributed by atoms with van der Waals surface area (Å²) in [5, 5.41) is 3.28. The van der Waals surface area contributed by atoms with Crippen molar-refractivity contribution in [2.24, 2.45) is 0 Å². The van der Waals surface area contributed by atoms with Gasteiger partial charge in [-0.05, 0) is 43.7 Å². The highest BCUT2D eigenvalue weighted by molar-refractivity contribution is 6.32. The maximum absolute atomic E-state index is 12.9. The number of benzene rings is 2. The summed E-state index contributed by atoms with van der Waals surface area (Å²) in [7, 11) is 0. The zero-order valence-corrected chi connectivity index (χ0v) is 13.1. The Morgan fingerprint density at radius 2 is 1.77 bits per heavy atom. The van der Waals surface area contributed by atoms with Crippen molar-refractivity contribution in [1.29, 1.82) is 0 Å². The van der Waals surface area contributed by atoms with Gasteiger partial charge in [0.2, 0.25) is 0 Å². The molecule has 0 aromatic heterocycles. The lowest BCUT2D eigenvalue weighted by Gasteiger charge is -2.19. The molecule has 0 spiro atoms. The molecule has 22 heavy (non-hydrogen) atoms. The first-order valence-corrected chi connectivity index (χ1v) is 7.32. The molecular weight excluding hydrogens is 305 g/mol. The van der Waals surface area contributed by atoms with E-state index in [1.807, 2.05) is 6.92 Å². The monoisotopic (exact) mass is 321 g/mol. The van der Waals surface area contributed by atoms with E-state index >= 15 is 0 Å². The molecule has 0 aliphatic carbocycles. The van der Waals surface area contributed by atoms with Gasteiger partial charge in [-0.3, -0.25) is 4.79 Å². The average Bonchev–Trinajstić information content (AvgIpc) is 2.50. The Morgan fingerprint density at radius 3 is 2.41 bits per heavy atom. The molecule has 0 saturated heterocycles. The molecule has 2 rings (SSSR count). The van der Waals surface area contributed by atoms with Gasteiger partial charge in [-0.2, -0.15) is 0 Å². The summed E-state index contributed by atoms with van der Waals surface area (Å²) in [5.41, 5.74) is 0.819. The van der Waals surface area contributed by atoms with E-state index < -0.39 is 6.10 Å². The van der Waals surface area contributed by atoms with Gasteiger partial charge < -0.3 is 10.1 Å². The van der Waals surface area contributed by atoms with Gasteiger partial charge in [0.1, 0.15) is 11.6 Å². The van der Waals surface area contributed by atoms with E-state index in [1.54, 1.807) is 43.3 Å². The fourth-order valence-electron chi connectivity index (χ4n) is 1.95. The zero-order chi connectivity index (χ0) is 16.1. The van der Waals surface area contributed by atoms with Crippen molar-refractivity contribution in [2.75, 3.05) is 0 Å². The van der Waals surface area contributed by atoms with Crippen molar-refractivity contribution < 1.29 is 13.9 Å². The second-order valence-corrected chi connectivity index (χ2v) is 5.38. The van der Waals surface area contributed by atoms with Gasteiger partial charge in [0, 0.05) is 0 Å². The van der Waals surface area contributed by atoms with Crippen LogP contribution in [0, 0.1) is 5.82 Å². The van der Waals surface area contributed by atoms with E-state index in [0.29, 0.717) is 10.8 Å². The first-order chi connectivity index (χ1) is 10.5. The van der Waals surface area contributed by atoms with E-state index in [2.05, 4.69) is 5.32 Å². The third-order valence-electron chi connectivity index (χ3n) is 3.24. The number of para-hydroxylation sites is 1. The molecule has 3 nitrogen and oxygen atoms in total. The van der Waals surface area contributed by atoms with Crippen molar-refractivity contribution in [3.05, 3.63) is 64.9 Å². The highest BCUT2D eigenvalue weighted by Crippen LogP contribution is 2.24. The molecule has 0 aliphatic heterocycles. The minimum absolute atomic E-state index is 0.245. The minimum Gasteiger partial charge on any atom is -0.479 e. The minimum atomic E-state index is -0.692. The Morgan fingerprint density at radius 1 is 1.14 bits per heavy atom. The quantitative estimate of drug-likeness (QED) is 0.899. The van der Waals surface area contributed by atoms with Crippen LogP contribution >= 0.6 is 11.6 Å². The summed E-state index contributed by atoms with van der Waals surface area (Å²) < 4.78 is 18.5. The van der Waals surface area contributed by atoms with Crippen LogP contribution in [0.2, 0.25) is 5.02 Å². The van der Waals surface area contributed by atoms with Crippen LogP contribution in [0.1, 0.15) is 25.5 Å². The van der Waals surface area contributed by atoms with E-state index in [0.717, 1.165) is 5.56 Å². The molecule has 0 fully saturated rings. The van der Waals surface area contributed by atoms with Crippen molar-refractivity contribution in [1.82, 2.24) is 5.32 Å². The molecule has 0 heterocycles. The Hall–Kier alpha value is -2.07. The number of halogens is 2. The van der Waals surface area contributed by atoms with Gasteiger partial charge >= 0.3 is 0 Å². The smallest absolute Gasteiger partial charge is 0.261 e. The van der Waals surface area contributed by atoms with Gasteiger partial charge in [0.15, 0.2) is 6.10 Å². The molecule has 1 amide bonds. The first kappa shape index (κ1) is 16.3. The topological polar surface area (TPSA) is 38.3 Å². The number of hydrogen-bond acceptors (Lipinski definition) is 2. The largest absolute Gasteiger partial charge is 0.479 e. The summed E-state index contributed by atoms with van der Waals surface area (Å²) in [4.78, 5) is 12.2. The van der Waals surface area contributed by atoms with Gasteiger partial charge in [-0.15, -0.1) is 0 Å². The number of ether oxygens (including phenoxy) is 1. The third-order valence-corrected chi connectivity index (χ3v) is 3.55. The van der Waals surface area contributed by atoms with E-state index in [9.17, 15) is 9.18 Å². The predicted octanol–water partition coefficient (Wildman–Crippen LogP) is 4.12. The van der Waals surface area contributed by atoms with Crippen LogP contribution in [0.5, 0.6) is 5.75 Å². The van der Waals surface area contributed by atoms with Gasteiger partial charge in [0.25, 0.3) is 5.91 Å². The van der Waals surface area contributed by atoms with E-state index in [1.165, 1.54) is 12.1 Å². The lowest BCUT2D eigenvalue weighted by atomic mass is 10.1. The van der Waals surface area contributed by atoms with Gasteiger partial charge in [-0.1, -0.05) is 35.9 Å². The zero-order valence-electron chi connectivity index (χ0n) is 12.3. The molecule has 0 bridgehead atoms. The summed E-state index contributed by atoms with van der Waals surface area (Å²) in [5.74, 6) is -0.115. The Kier molecular flexibility index (Phi) is 5.39. The molecule has 0 aliphatic rings. The van der Waals surface area contributed by atoms with Gasteiger partial charge in [0.05, 0.1) is 11.1 Å². The molecule has 2 aromatic rings.